The third-order valence-corrected chi connectivity index (χ3v) is 13.2. The third-order valence-electron chi connectivity index (χ3n) is 13.2. The summed E-state index contributed by atoms with van der Waals surface area (Å²) in [6.07, 6.45) is 0. The number of para-hydroxylation sites is 4. The maximum atomic E-state index is 2.44. The molecule has 0 saturated heterocycles. The van der Waals surface area contributed by atoms with Gasteiger partial charge in [-0.1, -0.05) is 224 Å². The van der Waals surface area contributed by atoms with Gasteiger partial charge in [0.05, 0.1) is 22.4 Å². The molecule has 0 atom stereocenters. The van der Waals surface area contributed by atoms with Crippen molar-refractivity contribution in [2.75, 3.05) is 4.90 Å². The molecule has 0 bridgehead atoms. The number of hydrogen-bond acceptors (Lipinski definition) is 1. The summed E-state index contributed by atoms with van der Waals surface area (Å²) >= 11 is 0. The molecule has 0 amide bonds. The lowest BCUT2D eigenvalue weighted by Crippen LogP contribution is -2.11. The summed E-state index contributed by atoms with van der Waals surface area (Å²) in [5, 5.41) is 2.49. The summed E-state index contributed by atoms with van der Waals surface area (Å²) < 4.78 is 2.44. The van der Waals surface area contributed by atoms with E-state index < -0.39 is 0 Å². The van der Waals surface area contributed by atoms with Gasteiger partial charge in [0.15, 0.2) is 0 Å². The Bertz CT molecular complexity index is 3650. The lowest BCUT2D eigenvalue weighted by Gasteiger charge is -2.29. The van der Waals surface area contributed by atoms with E-state index in [1.807, 2.05) is 0 Å². The fourth-order valence-corrected chi connectivity index (χ4v) is 9.97. The minimum Gasteiger partial charge on any atom is -0.310 e. The van der Waals surface area contributed by atoms with E-state index in [1.54, 1.807) is 0 Å². The Balaban J connectivity index is 1.06. The van der Waals surface area contributed by atoms with Crippen LogP contribution in [0.4, 0.5) is 17.1 Å². The van der Waals surface area contributed by atoms with Crippen molar-refractivity contribution >= 4 is 38.9 Å². The Labute approximate surface area is 397 Å². The SMILES string of the molecule is c1ccc(-c2ccc(-c3ccc(N(c4ccc(-c5ccccc5-n5c6ccccc6c6ccccc65)c(-c5cccc(-c6ccccc6)c5)c4)c4ccccc4-c4ccccc4)cc3)cc2)cc1. The average molecular weight is 867 g/mol. The number of nitrogens with zero attached hydrogens (tertiary/aromatic N) is 2. The maximum Gasteiger partial charge on any atom is 0.0541 e. The first-order valence-electron chi connectivity index (χ1n) is 23.3. The van der Waals surface area contributed by atoms with Crippen LogP contribution in [0.1, 0.15) is 0 Å². The van der Waals surface area contributed by atoms with Crippen molar-refractivity contribution in [1.29, 1.82) is 0 Å². The highest BCUT2D eigenvalue weighted by Crippen LogP contribution is 2.46. The first kappa shape index (κ1) is 40.5. The van der Waals surface area contributed by atoms with E-state index in [1.165, 1.54) is 55.2 Å². The van der Waals surface area contributed by atoms with E-state index in [0.717, 1.165) is 56.1 Å². The molecule has 1 aromatic heterocycles. The molecule has 0 aliphatic heterocycles. The number of hydrogen-bond donors (Lipinski definition) is 0. The minimum atomic E-state index is 1.06. The molecule has 0 spiro atoms. The lowest BCUT2D eigenvalue weighted by atomic mass is 9.90. The van der Waals surface area contributed by atoms with Crippen LogP contribution in [0.3, 0.4) is 0 Å². The van der Waals surface area contributed by atoms with Gasteiger partial charge in [-0.25, -0.2) is 0 Å². The van der Waals surface area contributed by atoms with Crippen LogP contribution in [0.25, 0.3) is 94.3 Å². The molecule has 12 aromatic rings. The zero-order valence-corrected chi connectivity index (χ0v) is 37.5. The summed E-state index contributed by atoms with van der Waals surface area (Å²) in [7, 11) is 0. The second kappa shape index (κ2) is 17.8. The first-order chi connectivity index (χ1) is 33.7. The van der Waals surface area contributed by atoms with Crippen LogP contribution in [0.5, 0.6) is 0 Å². The predicted molar refractivity (Wildman–Crippen MR) is 288 cm³/mol. The van der Waals surface area contributed by atoms with Gasteiger partial charge >= 0.3 is 0 Å². The molecule has 0 N–H and O–H groups in total. The highest BCUT2D eigenvalue weighted by Gasteiger charge is 2.22. The van der Waals surface area contributed by atoms with Crippen LogP contribution in [0.2, 0.25) is 0 Å². The number of fused-ring (bicyclic) bond motifs is 3. The van der Waals surface area contributed by atoms with Crippen molar-refractivity contribution in [2.45, 2.75) is 0 Å². The fourth-order valence-electron chi connectivity index (χ4n) is 9.97. The topological polar surface area (TPSA) is 8.17 Å². The molecule has 0 saturated carbocycles. The normalized spacial score (nSPS) is 11.2. The van der Waals surface area contributed by atoms with Crippen LogP contribution in [0, 0.1) is 0 Å². The number of rotatable bonds is 10. The second-order valence-electron chi connectivity index (χ2n) is 17.3. The van der Waals surface area contributed by atoms with Crippen LogP contribution in [-0.2, 0) is 0 Å². The molecular formula is C66H46N2. The highest BCUT2D eigenvalue weighted by molar-refractivity contribution is 6.10. The van der Waals surface area contributed by atoms with E-state index in [4.69, 9.17) is 0 Å². The number of anilines is 3. The largest absolute Gasteiger partial charge is 0.310 e. The van der Waals surface area contributed by atoms with Crippen LogP contribution in [-0.4, -0.2) is 4.57 Å². The molecule has 0 aliphatic rings. The molecule has 12 rings (SSSR count). The summed E-state index contributed by atoms with van der Waals surface area (Å²) in [4.78, 5) is 2.43. The second-order valence-corrected chi connectivity index (χ2v) is 17.3. The molecule has 2 nitrogen and oxygen atoms in total. The van der Waals surface area contributed by atoms with Crippen molar-refractivity contribution in [3.63, 3.8) is 0 Å². The molecule has 0 aliphatic carbocycles. The zero-order chi connectivity index (χ0) is 45.2. The highest BCUT2D eigenvalue weighted by atomic mass is 15.1. The molecule has 11 aromatic carbocycles. The Morgan fingerprint density at radius 2 is 0.676 bits per heavy atom. The predicted octanol–water partition coefficient (Wildman–Crippen LogP) is 18.3. The van der Waals surface area contributed by atoms with Crippen molar-refractivity contribution in [1.82, 2.24) is 4.57 Å². The van der Waals surface area contributed by atoms with Gasteiger partial charge in [-0.05, 0) is 110 Å². The van der Waals surface area contributed by atoms with Gasteiger partial charge in [-0.15, -0.1) is 0 Å². The van der Waals surface area contributed by atoms with E-state index in [-0.39, 0.29) is 0 Å². The first-order valence-corrected chi connectivity index (χ1v) is 23.3. The number of benzene rings is 11. The molecule has 0 unspecified atom stereocenters. The Morgan fingerprint density at radius 1 is 0.235 bits per heavy atom. The van der Waals surface area contributed by atoms with Gasteiger partial charge in [0.2, 0.25) is 0 Å². The summed E-state index contributed by atoms with van der Waals surface area (Å²) in [6, 6.07) is 101. The Kier molecular flexibility index (Phi) is 10.6. The maximum absolute atomic E-state index is 2.44. The van der Waals surface area contributed by atoms with E-state index in [2.05, 4.69) is 289 Å². The zero-order valence-electron chi connectivity index (χ0n) is 37.5. The van der Waals surface area contributed by atoms with E-state index >= 15 is 0 Å². The van der Waals surface area contributed by atoms with Crippen LogP contribution < -0.4 is 4.90 Å². The van der Waals surface area contributed by atoms with Gasteiger partial charge in [-0.2, -0.15) is 0 Å². The summed E-state index contributed by atoms with van der Waals surface area (Å²) in [5.74, 6) is 0. The van der Waals surface area contributed by atoms with Crippen molar-refractivity contribution in [3.8, 4) is 72.4 Å². The molecular weight excluding hydrogens is 821 g/mol. The fraction of sp³-hybridized carbons (Fsp3) is 0. The lowest BCUT2D eigenvalue weighted by molar-refractivity contribution is 1.18. The molecule has 0 fully saturated rings. The van der Waals surface area contributed by atoms with Gasteiger partial charge in [-0.3, -0.25) is 0 Å². The minimum absolute atomic E-state index is 1.06. The molecule has 320 valence electrons. The van der Waals surface area contributed by atoms with Crippen molar-refractivity contribution in [2.24, 2.45) is 0 Å². The van der Waals surface area contributed by atoms with E-state index in [9.17, 15) is 0 Å². The van der Waals surface area contributed by atoms with Crippen molar-refractivity contribution < 1.29 is 0 Å². The van der Waals surface area contributed by atoms with Gasteiger partial charge in [0.1, 0.15) is 0 Å². The average Bonchev–Trinajstić information content (AvgIpc) is 3.76. The smallest absolute Gasteiger partial charge is 0.0541 e. The van der Waals surface area contributed by atoms with Gasteiger partial charge in [0, 0.05) is 33.3 Å². The Morgan fingerprint density at radius 3 is 1.31 bits per heavy atom. The van der Waals surface area contributed by atoms with E-state index in [0.29, 0.717) is 0 Å². The molecule has 1 heterocycles. The van der Waals surface area contributed by atoms with Crippen LogP contribution in [0.15, 0.2) is 279 Å². The number of aromatic nitrogens is 1. The monoisotopic (exact) mass is 866 g/mol. The van der Waals surface area contributed by atoms with Crippen molar-refractivity contribution in [3.05, 3.63) is 279 Å². The standard InChI is InChI=1S/C66H46N2/c1-4-19-47(20-5-1)49-35-37-50(38-36-49)51-39-41-55(42-40-51)67(63-31-14-10-27-57(63)52-23-8-3-9-24-52)56-43-44-58(62(46-56)54-26-18-25-53(45-54)48-21-6-2-7-22-48)59-28-11-15-32-64(59)68-65-33-16-12-29-60(65)61-30-13-17-34-66(61)68/h1-46H. The summed E-state index contributed by atoms with van der Waals surface area (Å²) in [5.41, 5.74) is 20.8. The van der Waals surface area contributed by atoms with Crippen LogP contribution >= 0.6 is 0 Å². The molecule has 68 heavy (non-hydrogen) atoms. The van der Waals surface area contributed by atoms with Gasteiger partial charge in [0.25, 0.3) is 0 Å². The Hall–Kier alpha value is -8.98. The molecule has 0 radical (unpaired) electrons. The quantitative estimate of drug-likeness (QED) is 0.133. The van der Waals surface area contributed by atoms with Gasteiger partial charge < -0.3 is 9.47 Å². The third kappa shape index (κ3) is 7.54. The molecule has 2 heteroatoms. The summed E-state index contributed by atoms with van der Waals surface area (Å²) in [6.45, 7) is 0.